The highest BCUT2D eigenvalue weighted by Crippen LogP contribution is 2.40. The van der Waals surface area contributed by atoms with Crippen molar-refractivity contribution in [2.75, 3.05) is 6.54 Å². The zero-order valence-electron chi connectivity index (χ0n) is 13.9. The van der Waals surface area contributed by atoms with Crippen molar-refractivity contribution in [1.82, 2.24) is 10.2 Å². The Morgan fingerprint density at radius 2 is 1.82 bits per heavy atom. The summed E-state index contributed by atoms with van der Waals surface area (Å²) >= 11 is 0. The van der Waals surface area contributed by atoms with E-state index in [1.807, 2.05) is 62.9 Å². The molecule has 2 unspecified atom stereocenters. The quantitative estimate of drug-likeness (QED) is 0.909. The molecule has 1 N–H and O–H groups in total. The summed E-state index contributed by atoms with van der Waals surface area (Å²) in [7, 11) is 0. The molecule has 2 rings (SSSR count). The van der Waals surface area contributed by atoms with Crippen LogP contribution in [-0.4, -0.2) is 28.8 Å². The van der Waals surface area contributed by atoms with E-state index in [1.54, 1.807) is 0 Å². The van der Waals surface area contributed by atoms with Gasteiger partial charge in [0.25, 0.3) is 0 Å². The molecule has 1 fully saturated rings. The predicted octanol–water partition coefficient (Wildman–Crippen LogP) is 2.59. The van der Waals surface area contributed by atoms with E-state index >= 15 is 0 Å². The molecule has 0 radical (unpaired) electrons. The van der Waals surface area contributed by atoms with Crippen LogP contribution in [0.2, 0.25) is 0 Å². The number of hydrogen-bond acceptors (Lipinski definition) is 2. The van der Waals surface area contributed by atoms with Crippen molar-refractivity contribution >= 4 is 11.8 Å². The molecule has 0 heterocycles. The number of carbonyl (C=O) groups is 2. The summed E-state index contributed by atoms with van der Waals surface area (Å²) in [4.78, 5) is 26.5. The highest BCUT2D eigenvalue weighted by atomic mass is 16.2. The molecule has 2 atom stereocenters. The first kappa shape index (κ1) is 16.5. The molecule has 0 aliphatic heterocycles. The fraction of sp³-hybridized carbons (Fsp3) is 0.556. The van der Waals surface area contributed by atoms with Crippen molar-refractivity contribution < 1.29 is 9.59 Å². The maximum atomic E-state index is 12.6. The minimum Gasteiger partial charge on any atom is -0.351 e. The van der Waals surface area contributed by atoms with E-state index in [0.29, 0.717) is 19.5 Å². The number of carbonyl (C=O) groups excluding carboxylic acids is 2. The zero-order chi connectivity index (χ0) is 16.3. The summed E-state index contributed by atoms with van der Waals surface area (Å²) < 4.78 is 0. The van der Waals surface area contributed by atoms with Gasteiger partial charge in [-0.1, -0.05) is 30.3 Å². The van der Waals surface area contributed by atoms with Gasteiger partial charge in [-0.15, -0.1) is 0 Å². The Bertz CT molecular complexity index is 534. The Morgan fingerprint density at radius 1 is 1.18 bits per heavy atom. The Hall–Kier alpha value is -1.84. The smallest absolute Gasteiger partial charge is 0.226 e. The molecule has 0 saturated heterocycles. The van der Waals surface area contributed by atoms with Crippen molar-refractivity contribution in [3.05, 3.63) is 35.9 Å². The molecule has 22 heavy (non-hydrogen) atoms. The van der Waals surface area contributed by atoms with Gasteiger partial charge in [0, 0.05) is 18.6 Å². The average molecular weight is 302 g/mol. The van der Waals surface area contributed by atoms with Gasteiger partial charge in [-0.05, 0) is 39.7 Å². The SMILES string of the molecule is CCN(Cc1ccccc1)C(=O)C1CC1C(=O)NC(C)(C)C. The van der Waals surface area contributed by atoms with Gasteiger partial charge in [0.15, 0.2) is 0 Å². The third-order valence-electron chi connectivity index (χ3n) is 3.85. The highest BCUT2D eigenvalue weighted by Gasteiger charge is 2.49. The molecule has 1 aromatic carbocycles. The zero-order valence-corrected chi connectivity index (χ0v) is 13.9. The second kappa shape index (κ2) is 6.51. The first-order chi connectivity index (χ1) is 10.3. The van der Waals surface area contributed by atoms with Crippen molar-refractivity contribution in [1.29, 1.82) is 0 Å². The number of nitrogens with one attached hydrogen (secondary N) is 1. The molecule has 4 nitrogen and oxygen atoms in total. The molecule has 1 saturated carbocycles. The largest absolute Gasteiger partial charge is 0.351 e. The summed E-state index contributed by atoms with van der Waals surface area (Å²) in [5, 5.41) is 2.96. The fourth-order valence-corrected chi connectivity index (χ4v) is 2.60. The third kappa shape index (κ3) is 4.33. The van der Waals surface area contributed by atoms with Gasteiger partial charge in [0.2, 0.25) is 11.8 Å². The minimum absolute atomic E-state index is 0.00149. The lowest BCUT2D eigenvalue weighted by molar-refractivity contribution is -0.135. The number of amides is 2. The number of hydrogen-bond donors (Lipinski definition) is 1. The normalized spacial score (nSPS) is 20.4. The molecule has 2 amide bonds. The van der Waals surface area contributed by atoms with Crippen molar-refractivity contribution in [2.24, 2.45) is 11.8 Å². The maximum absolute atomic E-state index is 12.6. The average Bonchev–Trinajstić information content (AvgIpc) is 3.24. The van der Waals surface area contributed by atoms with E-state index < -0.39 is 0 Å². The monoisotopic (exact) mass is 302 g/mol. The number of nitrogens with zero attached hydrogens (tertiary/aromatic N) is 1. The Labute approximate surface area is 132 Å². The van der Waals surface area contributed by atoms with Crippen LogP contribution in [0.5, 0.6) is 0 Å². The van der Waals surface area contributed by atoms with Crippen molar-refractivity contribution in [3.63, 3.8) is 0 Å². The summed E-state index contributed by atoms with van der Waals surface area (Å²) in [6, 6.07) is 9.96. The van der Waals surface area contributed by atoms with Gasteiger partial charge < -0.3 is 10.2 Å². The van der Waals surface area contributed by atoms with Crippen molar-refractivity contribution in [3.8, 4) is 0 Å². The van der Waals surface area contributed by atoms with Crippen LogP contribution in [0, 0.1) is 11.8 Å². The van der Waals surface area contributed by atoms with Gasteiger partial charge in [-0.2, -0.15) is 0 Å². The van der Waals surface area contributed by atoms with Gasteiger partial charge in [-0.25, -0.2) is 0 Å². The van der Waals surface area contributed by atoms with Crippen LogP contribution < -0.4 is 5.32 Å². The van der Waals surface area contributed by atoms with Crippen LogP contribution in [0.15, 0.2) is 30.3 Å². The number of benzene rings is 1. The Kier molecular flexibility index (Phi) is 4.89. The summed E-state index contributed by atoms with van der Waals surface area (Å²) in [6.45, 7) is 9.12. The molecule has 1 aliphatic rings. The summed E-state index contributed by atoms with van der Waals surface area (Å²) in [6.07, 6.45) is 0.673. The first-order valence-electron chi connectivity index (χ1n) is 7.96. The second-order valence-corrected chi connectivity index (χ2v) is 7.03. The molecule has 0 bridgehead atoms. The van der Waals surface area contributed by atoms with Crippen LogP contribution in [0.1, 0.15) is 39.7 Å². The van der Waals surface area contributed by atoms with E-state index in [0.717, 1.165) is 5.56 Å². The maximum Gasteiger partial charge on any atom is 0.226 e. The molecule has 1 aliphatic carbocycles. The highest BCUT2D eigenvalue weighted by molar-refractivity contribution is 5.92. The first-order valence-corrected chi connectivity index (χ1v) is 7.96. The van der Waals surface area contributed by atoms with Gasteiger partial charge in [-0.3, -0.25) is 9.59 Å². The van der Waals surface area contributed by atoms with E-state index in [-0.39, 0.29) is 29.2 Å². The predicted molar refractivity (Wildman–Crippen MR) is 87.0 cm³/mol. The fourth-order valence-electron chi connectivity index (χ4n) is 2.60. The van der Waals surface area contributed by atoms with Crippen LogP contribution in [-0.2, 0) is 16.1 Å². The van der Waals surface area contributed by atoms with Gasteiger partial charge in [0.05, 0.1) is 11.8 Å². The molecule has 1 aromatic rings. The molecule has 4 heteroatoms. The lowest BCUT2D eigenvalue weighted by Crippen LogP contribution is -2.42. The topological polar surface area (TPSA) is 49.4 Å². The number of rotatable bonds is 5. The summed E-state index contributed by atoms with van der Waals surface area (Å²) in [5.74, 6) is -0.204. The minimum atomic E-state index is -0.248. The van der Waals surface area contributed by atoms with E-state index in [1.165, 1.54) is 0 Å². The molecule has 120 valence electrons. The molecular weight excluding hydrogens is 276 g/mol. The molecule has 0 aromatic heterocycles. The van der Waals surface area contributed by atoms with Crippen LogP contribution >= 0.6 is 0 Å². The Morgan fingerprint density at radius 3 is 2.36 bits per heavy atom. The summed E-state index contributed by atoms with van der Waals surface area (Å²) in [5.41, 5.74) is 0.871. The molecular formula is C18H26N2O2. The lowest BCUT2D eigenvalue weighted by atomic mass is 10.1. The van der Waals surface area contributed by atoms with Crippen LogP contribution in [0.4, 0.5) is 0 Å². The van der Waals surface area contributed by atoms with E-state index in [2.05, 4.69) is 5.32 Å². The van der Waals surface area contributed by atoms with Crippen molar-refractivity contribution in [2.45, 2.75) is 46.2 Å². The van der Waals surface area contributed by atoms with E-state index in [9.17, 15) is 9.59 Å². The van der Waals surface area contributed by atoms with Crippen LogP contribution in [0.3, 0.4) is 0 Å². The third-order valence-corrected chi connectivity index (χ3v) is 3.85. The Balaban J connectivity index is 1.92. The second-order valence-electron chi connectivity index (χ2n) is 7.03. The van der Waals surface area contributed by atoms with Gasteiger partial charge in [0.1, 0.15) is 0 Å². The van der Waals surface area contributed by atoms with Crippen LogP contribution in [0.25, 0.3) is 0 Å². The van der Waals surface area contributed by atoms with Gasteiger partial charge >= 0.3 is 0 Å². The lowest BCUT2D eigenvalue weighted by Gasteiger charge is -2.22. The van der Waals surface area contributed by atoms with E-state index in [4.69, 9.17) is 0 Å². The molecule has 0 spiro atoms. The standard InChI is InChI=1S/C18H26N2O2/c1-5-20(12-13-9-7-6-8-10-13)17(22)15-11-14(15)16(21)19-18(2,3)4/h6-10,14-15H,5,11-12H2,1-4H3,(H,19,21).